The first kappa shape index (κ1) is 18.1. The molecule has 1 aromatic heterocycles. The Hall–Kier alpha value is -2.24. The summed E-state index contributed by atoms with van der Waals surface area (Å²) in [5, 5.41) is 10.5. The van der Waals surface area contributed by atoms with Crippen LogP contribution in [0.4, 0.5) is 11.5 Å². The van der Waals surface area contributed by atoms with Crippen LogP contribution in [-0.2, 0) is 0 Å². The predicted octanol–water partition coefficient (Wildman–Crippen LogP) is 4.92. The molecule has 0 unspecified atom stereocenters. The Kier molecular flexibility index (Phi) is 5.50. The molecule has 0 spiro atoms. The molecule has 1 aliphatic rings. The van der Waals surface area contributed by atoms with E-state index in [1.54, 1.807) is 11.8 Å². The highest BCUT2D eigenvalue weighted by Gasteiger charge is 2.18. The molecular formula is C21H21ClN4S. The van der Waals surface area contributed by atoms with Crippen molar-refractivity contribution in [3.63, 3.8) is 0 Å². The molecule has 3 aromatic rings. The predicted molar refractivity (Wildman–Crippen MR) is 113 cm³/mol. The van der Waals surface area contributed by atoms with Crippen LogP contribution >= 0.6 is 23.4 Å². The SMILES string of the molecule is Cc1ccc(Sc2ccc(N3CCN(c4ccc(Cl)cc4)CC3)nn2)cc1. The van der Waals surface area contributed by atoms with Crippen LogP contribution < -0.4 is 9.80 Å². The van der Waals surface area contributed by atoms with E-state index in [4.69, 9.17) is 11.6 Å². The van der Waals surface area contributed by atoms with Crippen LogP contribution in [0, 0.1) is 6.92 Å². The van der Waals surface area contributed by atoms with E-state index in [-0.39, 0.29) is 0 Å². The Bertz CT molecular complexity index is 874. The Labute approximate surface area is 169 Å². The summed E-state index contributed by atoms with van der Waals surface area (Å²) >= 11 is 7.62. The van der Waals surface area contributed by atoms with E-state index < -0.39 is 0 Å². The maximum absolute atomic E-state index is 5.98. The number of piperazine rings is 1. The van der Waals surface area contributed by atoms with Gasteiger partial charge in [0, 0.05) is 41.8 Å². The van der Waals surface area contributed by atoms with Crippen LogP contribution in [0.15, 0.2) is 70.6 Å². The second kappa shape index (κ2) is 8.19. The molecule has 0 radical (unpaired) electrons. The zero-order valence-corrected chi connectivity index (χ0v) is 16.7. The molecule has 0 atom stereocenters. The second-order valence-corrected chi connectivity index (χ2v) is 8.13. The lowest BCUT2D eigenvalue weighted by atomic mass is 10.2. The molecule has 27 heavy (non-hydrogen) atoms. The van der Waals surface area contributed by atoms with Gasteiger partial charge in [0.05, 0.1) is 0 Å². The van der Waals surface area contributed by atoms with Crippen LogP contribution in [-0.4, -0.2) is 36.4 Å². The highest BCUT2D eigenvalue weighted by Crippen LogP contribution is 2.27. The van der Waals surface area contributed by atoms with E-state index in [1.165, 1.54) is 16.1 Å². The highest BCUT2D eigenvalue weighted by molar-refractivity contribution is 7.99. The number of hydrogen-bond donors (Lipinski definition) is 0. The lowest BCUT2D eigenvalue weighted by Crippen LogP contribution is -2.46. The first-order valence-electron chi connectivity index (χ1n) is 9.01. The normalized spacial score (nSPS) is 14.4. The lowest BCUT2D eigenvalue weighted by Gasteiger charge is -2.36. The third-order valence-electron chi connectivity index (χ3n) is 4.66. The third-order valence-corrected chi connectivity index (χ3v) is 5.85. The summed E-state index contributed by atoms with van der Waals surface area (Å²) in [6, 6.07) is 20.6. The van der Waals surface area contributed by atoms with Gasteiger partial charge in [0.2, 0.25) is 0 Å². The summed E-state index contributed by atoms with van der Waals surface area (Å²) in [5.41, 5.74) is 2.48. The van der Waals surface area contributed by atoms with Crippen molar-refractivity contribution in [2.24, 2.45) is 0 Å². The molecule has 0 saturated carbocycles. The van der Waals surface area contributed by atoms with Gasteiger partial charge in [0.25, 0.3) is 0 Å². The first-order chi connectivity index (χ1) is 13.2. The van der Waals surface area contributed by atoms with Crippen molar-refractivity contribution in [2.75, 3.05) is 36.0 Å². The topological polar surface area (TPSA) is 32.3 Å². The van der Waals surface area contributed by atoms with E-state index in [2.05, 4.69) is 75.5 Å². The molecule has 1 aliphatic heterocycles. The van der Waals surface area contributed by atoms with Crippen molar-refractivity contribution >= 4 is 34.9 Å². The van der Waals surface area contributed by atoms with Gasteiger partial charge < -0.3 is 9.80 Å². The Morgan fingerprint density at radius 1 is 0.778 bits per heavy atom. The third kappa shape index (κ3) is 4.54. The Morgan fingerprint density at radius 2 is 1.44 bits per heavy atom. The van der Waals surface area contributed by atoms with Crippen LogP contribution in [0.5, 0.6) is 0 Å². The summed E-state index contributed by atoms with van der Waals surface area (Å²) in [5.74, 6) is 0.944. The van der Waals surface area contributed by atoms with Crippen molar-refractivity contribution in [1.82, 2.24) is 10.2 Å². The van der Waals surface area contributed by atoms with Gasteiger partial charge in [-0.2, -0.15) is 0 Å². The van der Waals surface area contributed by atoms with E-state index >= 15 is 0 Å². The molecule has 2 heterocycles. The van der Waals surface area contributed by atoms with Gasteiger partial charge >= 0.3 is 0 Å². The van der Waals surface area contributed by atoms with Gasteiger partial charge in [0.15, 0.2) is 5.82 Å². The van der Waals surface area contributed by atoms with Crippen molar-refractivity contribution in [3.8, 4) is 0 Å². The average Bonchev–Trinajstić information content (AvgIpc) is 2.71. The Balaban J connectivity index is 1.35. The molecule has 1 saturated heterocycles. The molecule has 6 heteroatoms. The van der Waals surface area contributed by atoms with Crippen molar-refractivity contribution in [1.29, 1.82) is 0 Å². The molecule has 2 aromatic carbocycles. The molecule has 138 valence electrons. The van der Waals surface area contributed by atoms with Gasteiger partial charge in [-0.3, -0.25) is 0 Å². The molecule has 0 aliphatic carbocycles. The van der Waals surface area contributed by atoms with Crippen molar-refractivity contribution in [2.45, 2.75) is 16.8 Å². The standard InChI is InChI=1S/C21H21ClN4S/c1-16-2-8-19(9-3-16)27-21-11-10-20(23-24-21)26-14-12-25(13-15-26)18-6-4-17(22)5-7-18/h2-11H,12-15H2,1H3. The number of halogens is 1. The Morgan fingerprint density at radius 3 is 2.07 bits per heavy atom. The number of rotatable bonds is 4. The number of benzene rings is 2. The minimum atomic E-state index is 0.774. The zero-order valence-electron chi connectivity index (χ0n) is 15.2. The van der Waals surface area contributed by atoms with E-state index in [1.807, 2.05) is 12.1 Å². The monoisotopic (exact) mass is 396 g/mol. The van der Waals surface area contributed by atoms with E-state index in [9.17, 15) is 0 Å². The summed E-state index contributed by atoms with van der Waals surface area (Å²) in [6.07, 6.45) is 0. The van der Waals surface area contributed by atoms with E-state index in [0.717, 1.165) is 42.0 Å². The number of aromatic nitrogens is 2. The lowest BCUT2D eigenvalue weighted by molar-refractivity contribution is 0.641. The van der Waals surface area contributed by atoms with Gasteiger partial charge in [-0.1, -0.05) is 41.1 Å². The van der Waals surface area contributed by atoms with Gasteiger partial charge in [-0.15, -0.1) is 10.2 Å². The fourth-order valence-electron chi connectivity index (χ4n) is 3.11. The van der Waals surface area contributed by atoms with Crippen LogP contribution in [0.1, 0.15) is 5.56 Å². The number of hydrogen-bond acceptors (Lipinski definition) is 5. The van der Waals surface area contributed by atoms with Crippen LogP contribution in [0.3, 0.4) is 0 Å². The molecule has 4 rings (SSSR count). The van der Waals surface area contributed by atoms with Crippen molar-refractivity contribution < 1.29 is 0 Å². The maximum Gasteiger partial charge on any atom is 0.151 e. The maximum atomic E-state index is 5.98. The molecule has 0 amide bonds. The van der Waals surface area contributed by atoms with Gasteiger partial charge in [-0.05, 0) is 55.5 Å². The van der Waals surface area contributed by atoms with E-state index in [0.29, 0.717) is 0 Å². The highest BCUT2D eigenvalue weighted by atomic mass is 35.5. The second-order valence-electron chi connectivity index (χ2n) is 6.60. The number of anilines is 2. The van der Waals surface area contributed by atoms with Crippen molar-refractivity contribution in [3.05, 3.63) is 71.2 Å². The van der Waals surface area contributed by atoms with Crippen LogP contribution in [0.25, 0.3) is 0 Å². The summed E-state index contributed by atoms with van der Waals surface area (Å²) in [6.45, 7) is 5.88. The summed E-state index contributed by atoms with van der Waals surface area (Å²) < 4.78 is 0. The minimum absolute atomic E-state index is 0.774. The zero-order chi connectivity index (χ0) is 18.6. The quantitative estimate of drug-likeness (QED) is 0.625. The smallest absolute Gasteiger partial charge is 0.151 e. The summed E-state index contributed by atoms with van der Waals surface area (Å²) in [4.78, 5) is 5.85. The average molecular weight is 397 g/mol. The first-order valence-corrected chi connectivity index (χ1v) is 10.2. The molecule has 4 nitrogen and oxygen atoms in total. The fraction of sp³-hybridized carbons (Fsp3) is 0.238. The minimum Gasteiger partial charge on any atom is -0.368 e. The van der Waals surface area contributed by atoms with Gasteiger partial charge in [-0.25, -0.2) is 0 Å². The number of nitrogens with zero attached hydrogens (tertiary/aromatic N) is 4. The molecular weight excluding hydrogens is 376 g/mol. The number of aryl methyl sites for hydroxylation is 1. The molecule has 0 N–H and O–H groups in total. The molecule has 1 fully saturated rings. The molecule has 0 bridgehead atoms. The largest absolute Gasteiger partial charge is 0.368 e. The van der Waals surface area contributed by atoms with Gasteiger partial charge in [0.1, 0.15) is 5.03 Å². The fourth-order valence-corrected chi connectivity index (χ4v) is 3.97. The van der Waals surface area contributed by atoms with Crippen LogP contribution in [0.2, 0.25) is 5.02 Å². The summed E-state index contributed by atoms with van der Waals surface area (Å²) in [7, 11) is 0.